The van der Waals surface area contributed by atoms with Crippen LogP contribution >= 0.6 is 11.3 Å². The molecule has 1 atom stereocenters. The third kappa shape index (κ3) is 2.81. The van der Waals surface area contributed by atoms with Crippen molar-refractivity contribution in [2.45, 2.75) is 33.7 Å². The number of hydrogen-bond donors (Lipinski definition) is 1. The van der Waals surface area contributed by atoms with Crippen molar-refractivity contribution in [3.05, 3.63) is 39.2 Å². The molecular formula is C15H18N4S. The number of hydrogen-bond acceptors (Lipinski definition) is 5. The molecule has 2 heterocycles. The minimum Gasteiger partial charge on any atom is -0.360 e. The molecule has 1 unspecified atom stereocenters. The van der Waals surface area contributed by atoms with Gasteiger partial charge in [-0.2, -0.15) is 10.4 Å². The number of rotatable bonds is 4. The summed E-state index contributed by atoms with van der Waals surface area (Å²) in [6.45, 7) is 8.07. The van der Waals surface area contributed by atoms with Crippen LogP contribution < -0.4 is 5.32 Å². The van der Waals surface area contributed by atoms with Gasteiger partial charge in [-0.3, -0.25) is 0 Å². The molecule has 4 nitrogen and oxygen atoms in total. The van der Waals surface area contributed by atoms with E-state index in [1.807, 2.05) is 19.9 Å². The van der Waals surface area contributed by atoms with Gasteiger partial charge in [-0.15, -0.1) is 16.4 Å². The van der Waals surface area contributed by atoms with Crippen molar-refractivity contribution in [3.63, 3.8) is 0 Å². The van der Waals surface area contributed by atoms with E-state index in [0.29, 0.717) is 17.3 Å². The predicted molar refractivity (Wildman–Crippen MR) is 81.7 cm³/mol. The molecule has 1 N–H and O–H groups in total. The first kappa shape index (κ1) is 14.5. The van der Waals surface area contributed by atoms with Crippen molar-refractivity contribution in [1.29, 1.82) is 5.26 Å². The first-order valence-corrected chi connectivity index (χ1v) is 7.46. The highest BCUT2D eigenvalue weighted by molar-refractivity contribution is 7.10. The molecular weight excluding hydrogens is 268 g/mol. The summed E-state index contributed by atoms with van der Waals surface area (Å²) in [5, 5.41) is 23.1. The lowest BCUT2D eigenvalue weighted by atomic mass is 10.0. The van der Waals surface area contributed by atoms with E-state index in [1.54, 1.807) is 11.3 Å². The molecule has 104 valence electrons. The van der Waals surface area contributed by atoms with Crippen LogP contribution in [-0.2, 0) is 0 Å². The normalized spacial score (nSPS) is 12.2. The van der Waals surface area contributed by atoms with E-state index in [-0.39, 0.29) is 6.04 Å². The van der Waals surface area contributed by atoms with E-state index >= 15 is 0 Å². The Morgan fingerprint density at radius 3 is 2.60 bits per heavy atom. The van der Waals surface area contributed by atoms with Crippen LogP contribution in [0.3, 0.4) is 0 Å². The summed E-state index contributed by atoms with van der Waals surface area (Å²) in [4.78, 5) is 1.24. The van der Waals surface area contributed by atoms with Crippen LogP contribution in [0.5, 0.6) is 0 Å². The summed E-state index contributed by atoms with van der Waals surface area (Å²) in [7, 11) is 0. The number of thiophene rings is 1. The van der Waals surface area contributed by atoms with E-state index in [9.17, 15) is 5.26 Å². The van der Waals surface area contributed by atoms with Gasteiger partial charge in [-0.1, -0.05) is 19.9 Å². The number of aromatic nitrogens is 2. The van der Waals surface area contributed by atoms with Crippen molar-refractivity contribution >= 4 is 17.2 Å². The molecule has 0 radical (unpaired) electrons. The summed E-state index contributed by atoms with van der Waals surface area (Å²) in [6.07, 6.45) is 0. The summed E-state index contributed by atoms with van der Waals surface area (Å²) in [5.41, 5.74) is 2.27. The lowest BCUT2D eigenvalue weighted by Gasteiger charge is -2.22. The highest BCUT2D eigenvalue weighted by atomic mass is 32.1. The van der Waals surface area contributed by atoms with E-state index in [1.165, 1.54) is 4.88 Å². The highest BCUT2D eigenvalue weighted by Crippen LogP contribution is 2.30. The molecule has 2 rings (SSSR count). The van der Waals surface area contributed by atoms with Crippen molar-refractivity contribution in [3.8, 4) is 6.07 Å². The number of nitrogens with one attached hydrogen (secondary N) is 1. The second-order valence-corrected chi connectivity index (χ2v) is 6.11. The Bertz CT molecular complexity index is 626. The molecule has 0 saturated carbocycles. The fourth-order valence-electron chi connectivity index (χ4n) is 2.03. The van der Waals surface area contributed by atoms with Crippen LogP contribution in [0.25, 0.3) is 0 Å². The Labute approximate surface area is 123 Å². The second kappa shape index (κ2) is 6.02. The molecule has 20 heavy (non-hydrogen) atoms. The maximum atomic E-state index is 9.35. The van der Waals surface area contributed by atoms with Gasteiger partial charge in [0.1, 0.15) is 11.6 Å². The molecule has 0 spiro atoms. The lowest BCUT2D eigenvalue weighted by molar-refractivity contribution is 0.551. The molecule has 5 heteroatoms. The fraction of sp³-hybridized carbons (Fsp3) is 0.400. The zero-order chi connectivity index (χ0) is 14.7. The van der Waals surface area contributed by atoms with Gasteiger partial charge in [0.15, 0.2) is 5.82 Å². The van der Waals surface area contributed by atoms with Gasteiger partial charge in [-0.05, 0) is 36.8 Å². The summed E-state index contributed by atoms with van der Waals surface area (Å²) < 4.78 is 0. The van der Waals surface area contributed by atoms with Crippen molar-refractivity contribution < 1.29 is 0 Å². The first-order chi connectivity index (χ1) is 9.54. The standard InChI is InChI=1S/C15H18N4S/c1-9(2)14(13-6-5-7-20-13)17-15-12(8-16)10(3)11(4)18-19-15/h5-7,9,14H,1-4H3,(H,17,19). The molecule has 0 bridgehead atoms. The smallest absolute Gasteiger partial charge is 0.167 e. The molecule has 2 aromatic heterocycles. The zero-order valence-electron chi connectivity index (χ0n) is 12.1. The van der Waals surface area contributed by atoms with Crippen LogP contribution in [-0.4, -0.2) is 10.2 Å². The third-order valence-corrected chi connectivity index (χ3v) is 4.33. The fourth-order valence-corrected chi connectivity index (χ4v) is 2.98. The van der Waals surface area contributed by atoms with Gasteiger partial charge in [0.2, 0.25) is 0 Å². The average Bonchev–Trinajstić information content (AvgIpc) is 2.93. The molecule has 0 fully saturated rings. The van der Waals surface area contributed by atoms with Gasteiger partial charge in [0.05, 0.1) is 11.7 Å². The second-order valence-electron chi connectivity index (χ2n) is 5.13. The van der Waals surface area contributed by atoms with E-state index < -0.39 is 0 Å². The molecule has 2 aromatic rings. The van der Waals surface area contributed by atoms with E-state index in [2.05, 4.69) is 46.9 Å². The van der Waals surface area contributed by atoms with Crippen molar-refractivity contribution in [2.24, 2.45) is 5.92 Å². The topological polar surface area (TPSA) is 61.6 Å². The van der Waals surface area contributed by atoms with Crippen LogP contribution in [0.4, 0.5) is 5.82 Å². The van der Waals surface area contributed by atoms with E-state index in [0.717, 1.165) is 11.3 Å². The average molecular weight is 286 g/mol. The van der Waals surface area contributed by atoms with Crippen LogP contribution in [0.15, 0.2) is 17.5 Å². The Morgan fingerprint density at radius 2 is 2.05 bits per heavy atom. The van der Waals surface area contributed by atoms with Gasteiger partial charge in [0, 0.05) is 4.88 Å². The molecule has 0 aliphatic heterocycles. The first-order valence-electron chi connectivity index (χ1n) is 6.58. The number of nitriles is 1. The molecule has 0 aliphatic carbocycles. The number of anilines is 1. The summed E-state index contributed by atoms with van der Waals surface area (Å²) >= 11 is 1.71. The Kier molecular flexibility index (Phi) is 4.35. The van der Waals surface area contributed by atoms with Gasteiger partial charge in [-0.25, -0.2) is 0 Å². The third-order valence-electron chi connectivity index (χ3n) is 3.37. The Balaban J connectivity index is 2.38. The summed E-state index contributed by atoms with van der Waals surface area (Å²) in [5.74, 6) is 0.964. The Hall–Kier alpha value is -1.93. The van der Waals surface area contributed by atoms with Crippen LogP contribution in [0, 0.1) is 31.1 Å². The maximum Gasteiger partial charge on any atom is 0.167 e. The molecule has 0 saturated heterocycles. The molecule has 0 aliphatic rings. The van der Waals surface area contributed by atoms with Crippen LogP contribution in [0.2, 0.25) is 0 Å². The van der Waals surface area contributed by atoms with E-state index in [4.69, 9.17) is 0 Å². The monoisotopic (exact) mass is 286 g/mol. The molecule has 0 amide bonds. The van der Waals surface area contributed by atoms with Gasteiger partial charge < -0.3 is 5.32 Å². The van der Waals surface area contributed by atoms with Gasteiger partial charge >= 0.3 is 0 Å². The maximum absolute atomic E-state index is 9.35. The minimum atomic E-state index is 0.138. The summed E-state index contributed by atoms with van der Waals surface area (Å²) in [6, 6.07) is 6.51. The Morgan fingerprint density at radius 1 is 1.30 bits per heavy atom. The zero-order valence-corrected chi connectivity index (χ0v) is 13.0. The quantitative estimate of drug-likeness (QED) is 0.927. The highest BCUT2D eigenvalue weighted by Gasteiger charge is 2.20. The lowest BCUT2D eigenvalue weighted by Crippen LogP contribution is -2.18. The number of aryl methyl sites for hydroxylation is 1. The largest absolute Gasteiger partial charge is 0.360 e. The van der Waals surface area contributed by atoms with Crippen LogP contribution in [0.1, 0.15) is 41.6 Å². The minimum absolute atomic E-state index is 0.138. The number of nitrogens with zero attached hydrogens (tertiary/aromatic N) is 3. The van der Waals surface area contributed by atoms with Crippen molar-refractivity contribution in [1.82, 2.24) is 10.2 Å². The van der Waals surface area contributed by atoms with Crippen molar-refractivity contribution in [2.75, 3.05) is 5.32 Å². The SMILES string of the molecule is Cc1nnc(NC(c2cccs2)C(C)C)c(C#N)c1C. The molecule has 0 aromatic carbocycles. The predicted octanol–water partition coefficient (Wildman–Crippen LogP) is 3.84. The van der Waals surface area contributed by atoms with Gasteiger partial charge in [0.25, 0.3) is 0 Å².